The fourth-order valence-corrected chi connectivity index (χ4v) is 2.85. The van der Waals surface area contributed by atoms with Gasteiger partial charge in [0.2, 0.25) is 0 Å². The van der Waals surface area contributed by atoms with Crippen LogP contribution in [0, 0.1) is 0 Å². The molecule has 0 bridgehead atoms. The van der Waals surface area contributed by atoms with E-state index in [-0.39, 0.29) is 12.5 Å². The van der Waals surface area contributed by atoms with Gasteiger partial charge in [-0.05, 0) is 36.1 Å². The van der Waals surface area contributed by atoms with Crippen molar-refractivity contribution in [3.05, 3.63) is 65.7 Å². The number of methoxy groups -OCH3 is 1. The average molecular weight is 373 g/mol. The molecule has 0 saturated heterocycles. The predicted molar refractivity (Wildman–Crippen MR) is 103 cm³/mol. The Kier molecular flexibility index (Phi) is 8.02. The van der Waals surface area contributed by atoms with E-state index in [1.807, 2.05) is 36.6 Å². The van der Waals surface area contributed by atoms with Crippen LogP contribution in [0.5, 0.6) is 5.75 Å². The van der Waals surface area contributed by atoms with Crippen LogP contribution in [0.25, 0.3) is 0 Å². The summed E-state index contributed by atoms with van der Waals surface area (Å²) in [7, 11) is 1.51. The lowest BCUT2D eigenvalue weighted by Gasteiger charge is -2.18. The molecule has 0 spiro atoms. The van der Waals surface area contributed by atoms with Gasteiger partial charge in [-0.2, -0.15) is 11.8 Å². The van der Waals surface area contributed by atoms with Gasteiger partial charge >= 0.3 is 5.97 Å². The molecule has 0 aliphatic heterocycles. The average Bonchev–Trinajstić information content (AvgIpc) is 2.69. The van der Waals surface area contributed by atoms with Gasteiger partial charge in [0.05, 0.1) is 12.7 Å². The zero-order chi connectivity index (χ0) is 18.8. The predicted octanol–water partition coefficient (Wildman–Crippen LogP) is 3.29. The van der Waals surface area contributed by atoms with Gasteiger partial charge in [0.1, 0.15) is 18.4 Å². The van der Waals surface area contributed by atoms with Crippen molar-refractivity contribution in [1.82, 2.24) is 5.32 Å². The molecule has 1 atom stereocenters. The van der Waals surface area contributed by atoms with Gasteiger partial charge in [-0.25, -0.2) is 4.79 Å². The van der Waals surface area contributed by atoms with Crippen molar-refractivity contribution in [2.75, 3.05) is 19.1 Å². The van der Waals surface area contributed by atoms with E-state index in [2.05, 4.69) is 5.32 Å². The summed E-state index contributed by atoms with van der Waals surface area (Å²) in [6.07, 6.45) is 2.45. The van der Waals surface area contributed by atoms with Gasteiger partial charge in [-0.3, -0.25) is 4.79 Å². The van der Waals surface area contributed by atoms with Crippen LogP contribution in [-0.4, -0.2) is 37.0 Å². The van der Waals surface area contributed by atoms with Crippen molar-refractivity contribution in [2.24, 2.45) is 0 Å². The van der Waals surface area contributed by atoms with Crippen LogP contribution in [0.3, 0.4) is 0 Å². The van der Waals surface area contributed by atoms with Gasteiger partial charge in [0.25, 0.3) is 5.91 Å². The second-order valence-electron chi connectivity index (χ2n) is 5.60. The Morgan fingerprint density at radius 2 is 1.77 bits per heavy atom. The van der Waals surface area contributed by atoms with Crippen LogP contribution in [0.2, 0.25) is 0 Å². The zero-order valence-corrected chi connectivity index (χ0v) is 15.8. The first-order valence-electron chi connectivity index (χ1n) is 8.29. The third-order valence-corrected chi connectivity index (χ3v) is 4.42. The number of ether oxygens (including phenoxy) is 2. The number of amides is 1. The van der Waals surface area contributed by atoms with Gasteiger partial charge < -0.3 is 14.8 Å². The van der Waals surface area contributed by atoms with Crippen molar-refractivity contribution < 1.29 is 19.1 Å². The molecule has 2 aromatic carbocycles. The summed E-state index contributed by atoms with van der Waals surface area (Å²) >= 11 is 1.61. The lowest BCUT2D eigenvalue weighted by atomic mass is 10.1. The second-order valence-corrected chi connectivity index (χ2v) is 6.59. The first kappa shape index (κ1) is 19.8. The highest BCUT2D eigenvalue weighted by Crippen LogP contribution is 2.17. The molecule has 0 saturated carbocycles. The maximum Gasteiger partial charge on any atom is 0.329 e. The molecule has 1 amide bonds. The van der Waals surface area contributed by atoms with Crippen LogP contribution < -0.4 is 10.1 Å². The third kappa shape index (κ3) is 5.81. The maximum atomic E-state index is 12.6. The number of carbonyl (C=O) groups excluding carboxylic acids is 2. The van der Waals surface area contributed by atoms with Gasteiger partial charge in [0, 0.05) is 0 Å². The van der Waals surface area contributed by atoms with Crippen molar-refractivity contribution in [2.45, 2.75) is 19.1 Å². The van der Waals surface area contributed by atoms with Crippen LogP contribution in [0.1, 0.15) is 22.3 Å². The van der Waals surface area contributed by atoms with E-state index in [0.29, 0.717) is 17.7 Å². The normalized spacial score (nSPS) is 11.5. The van der Waals surface area contributed by atoms with Crippen molar-refractivity contribution >= 4 is 23.6 Å². The number of hydrogen-bond acceptors (Lipinski definition) is 5. The molecule has 2 rings (SSSR count). The molecule has 0 heterocycles. The van der Waals surface area contributed by atoms with E-state index in [4.69, 9.17) is 9.47 Å². The van der Waals surface area contributed by atoms with Crippen molar-refractivity contribution in [3.8, 4) is 5.75 Å². The highest BCUT2D eigenvalue weighted by molar-refractivity contribution is 7.98. The van der Waals surface area contributed by atoms with E-state index < -0.39 is 12.0 Å². The molecule has 0 aromatic heterocycles. The minimum absolute atomic E-state index is 0.181. The minimum Gasteiger partial charge on any atom is -0.496 e. The first-order valence-corrected chi connectivity index (χ1v) is 9.68. The lowest BCUT2D eigenvalue weighted by Crippen LogP contribution is -2.42. The fourth-order valence-electron chi connectivity index (χ4n) is 2.38. The van der Waals surface area contributed by atoms with E-state index in [1.54, 1.807) is 36.0 Å². The zero-order valence-electron chi connectivity index (χ0n) is 14.9. The number of carbonyl (C=O) groups is 2. The summed E-state index contributed by atoms with van der Waals surface area (Å²) in [4.78, 5) is 25.0. The van der Waals surface area contributed by atoms with Gasteiger partial charge in [0.15, 0.2) is 0 Å². The quantitative estimate of drug-likeness (QED) is 0.684. The Bertz CT molecular complexity index is 721. The number of thioether (sulfide) groups is 1. The smallest absolute Gasteiger partial charge is 0.329 e. The molecule has 0 radical (unpaired) electrons. The Morgan fingerprint density at radius 1 is 1.08 bits per heavy atom. The van der Waals surface area contributed by atoms with E-state index in [0.717, 1.165) is 11.3 Å². The molecular weight excluding hydrogens is 350 g/mol. The van der Waals surface area contributed by atoms with E-state index in [9.17, 15) is 9.59 Å². The summed E-state index contributed by atoms with van der Waals surface area (Å²) in [5.41, 5.74) is 1.29. The summed E-state index contributed by atoms with van der Waals surface area (Å²) < 4.78 is 10.6. The summed E-state index contributed by atoms with van der Waals surface area (Å²) in [5.74, 6) is 0.403. The third-order valence-electron chi connectivity index (χ3n) is 3.78. The molecular formula is C20H23NO4S. The summed E-state index contributed by atoms with van der Waals surface area (Å²) in [6.45, 7) is 0.181. The van der Waals surface area contributed by atoms with E-state index >= 15 is 0 Å². The summed E-state index contributed by atoms with van der Waals surface area (Å²) in [5, 5.41) is 2.77. The van der Waals surface area contributed by atoms with Gasteiger partial charge in [-0.15, -0.1) is 0 Å². The molecule has 0 unspecified atom stereocenters. The second kappa shape index (κ2) is 10.5. The number of rotatable bonds is 9. The number of nitrogens with one attached hydrogen (secondary N) is 1. The molecule has 5 nitrogen and oxygen atoms in total. The molecule has 0 aliphatic rings. The highest BCUT2D eigenvalue weighted by atomic mass is 32.2. The SMILES string of the molecule is COc1ccccc1C(=O)N[C@@H](CCSC)C(=O)OCc1ccccc1. The Hall–Kier alpha value is -2.47. The number of benzene rings is 2. The first-order chi connectivity index (χ1) is 12.7. The highest BCUT2D eigenvalue weighted by Gasteiger charge is 2.24. The van der Waals surface area contributed by atoms with Crippen LogP contribution in [0.4, 0.5) is 0 Å². The topological polar surface area (TPSA) is 64.6 Å². The molecule has 0 aliphatic carbocycles. The van der Waals surface area contributed by atoms with Gasteiger partial charge in [-0.1, -0.05) is 42.5 Å². The standard InChI is InChI=1S/C20H23NO4S/c1-24-18-11-7-6-10-16(18)19(22)21-17(12-13-26-2)20(23)25-14-15-8-4-3-5-9-15/h3-11,17H,12-14H2,1-2H3,(H,21,22)/t17-/m0/s1. The Morgan fingerprint density at radius 3 is 2.46 bits per heavy atom. The van der Waals surface area contributed by atoms with Crippen LogP contribution in [-0.2, 0) is 16.1 Å². The summed E-state index contributed by atoms with van der Waals surface area (Å²) in [6, 6.07) is 15.7. The molecule has 2 aromatic rings. The fraction of sp³-hybridized carbons (Fsp3) is 0.300. The Labute approximate surface area is 158 Å². The van der Waals surface area contributed by atoms with Crippen molar-refractivity contribution in [3.63, 3.8) is 0 Å². The molecule has 1 N–H and O–H groups in total. The maximum absolute atomic E-state index is 12.6. The molecule has 26 heavy (non-hydrogen) atoms. The van der Waals surface area contributed by atoms with E-state index in [1.165, 1.54) is 7.11 Å². The molecule has 6 heteroatoms. The number of hydrogen-bond donors (Lipinski definition) is 1. The molecule has 138 valence electrons. The largest absolute Gasteiger partial charge is 0.496 e. The van der Waals surface area contributed by atoms with Crippen molar-refractivity contribution in [1.29, 1.82) is 0 Å². The monoisotopic (exact) mass is 373 g/mol. The number of esters is 1. The lowest BCUT2D eigenvalue weighted by molar-refractivity contribution is -0.147. The molecule has 0 fully saturated rings. The minimum atomic E-state index is -0.705. The van der Waals surface area contributed by atoms with Crippen LogP contribution >= 0.6 is 11.8 Å². The Balaban J connectivity index is 2.03. The van der Waals surface area contributed by atoms with Crippen LogP contribution in [0.15, 0.2) is 54.6 Å². The number of para-hydroxylation sites is 1.